The maximum absolute atomic E-state index is 10.7. The van der Waals surface area contributed by atoms with Gasteiger partial charge in [0, 0.05) is 19.6 Å². The molecule has 98 valence electrons. The molecule has 17 heavy (non-hydrogen) atoms. The van der Waals surface area contributed by atoms with E-state index in [1.165, 1.54) is 0 Å². The van der Waals surface area contributed by atoms with Gasteiger partial charge in [0.1, 0.15) is 6.17 Å². The number of carbonyl (C=O) groups is 1. The van der Waals surface area contributed by atoms with Crippen molar-refractivity contribution in [3.63, 3.8) is 0 Å². The van der Waals surface area contributed by atoms with Gasteiger partial charge in [-0.05, 0) is 12.8 Å². The van der Waals surface area contributed by atoms with Crippen LogP contribution in [0.1, 0.15) is 12.8 Å². The van der Waals surface area contributed by atoms with Gasteiger partial charge in [0.2, 0.25) is 0 Å². The fraction of sp³-hybridized carbons (Fsp3) is 0.750. The molecule has 2 atom stereocenters. The van der Waals surface area contributed by atoms with E-state index in [1.54, 1.807) is 6.08 Å². The predicted octanol–water partition coefficient (Wildman–Crippen LogP) is -0.240. The van der Waals surface area contributed by atoms with Crippen LogP contribution >= 0.6 is 0 Å². The van der Waals surface area contributed by atoms with Crippen molar-refractivity contribution in [1.29, 1.82) is 0 Å². The number of ether oxygens (including phenoxy) is 1. The summed E-state index contributed by atoms with van der Waals surface area (Å²) < 4.78 is 5.16. The summed E-state index contributed by atoms with van der Waals surface area (Å²) in [6.45, 7) is 6.94. The molecule has 0 amide bonds. The average molecular weight is 242 g/mol. The Balaban J connectivity index is 2.06. The van der Waals surface area contributed by atoms with E-state index in [-0.39, 0.29) is 6.17 Å². The van der Waals surface area contributed by atoms with E-state index in [0.717, 1.165) is 32.3 Å². The molecule has 0 saturated carbocycles. The maximum atomic E-state index is 10.7. The van der Waals surface area contributed by atoms with E-state index in [1.807, 2.05) is 0 Å². The molecule has 1 aliphatic heterocycles. The molecule has 5 heteroatoms. The summed E-state index contributed by atoms with van der Waals surface area (Å²) >= 11 is 0. The highest BCUT2D eigenvalue weighted by molar-refractivity contribution is 5.57. The number of rotatable bonds is 9. The highest BCUT2D eigenvalue weighted by Gasteiger charge is 2.22. The first kappa shape index (κ1) is 14.3. The second-order valence-electron chi connectivity index (χ2n) is 4.19. The Hall–Kier alpha value is -0.750. The topological polar surface area (TPSA) is 61.8 Å². The summed E-state index contributed by atoms with van der Waals surface area (Å²) in [7, 11) is 0. The van der Waals surface area contributed by atoms with Crippen LogP contribution < -0.4 is 5.32 Å². The molecule has 5 nitrogen and oxygen atoms in total. The molecule has 0 aromatic heterocycles. The van der Waals surface area contributed by atoms with Crippen molar-refractivity contribution in [1.82, 2.24) is 10.2 Å². The second-order valence-corrected chi connectivity index (χ2v) is 4.19. The van der Waals surface area contributed by atoms with Gasteiger partial charge in [-0.2, -0.15) is 0 Å². The highest BCUT2D eigenvalue weighted by atomic mass is 16.5. The number of aliphatic hydroxyl groups is 1. The Morgan fingerprint density at radius 3 is 3.18 bits per heavy atom. The van der Waals surface area contributed by atoms with Crippen LogP contribution in [0.3, 0.4) is 0 Å². The molecule has 0 aliphatic carbocycles. The zero-order valence-electron chi connectivity index (χ0n) is 10.2. The summed E-state index contributed by atoms with van der Waals surface area (Å²) in [6, 6.07) is 0. The summed E-state index contributed by atoms with van der Waals surface area (Å²) in [4.78, 5) is 12.8. The van der Waals surface area contributed by atoms with Crippen molar-refractivity contribution in [3.8, 4) is 0 Å². The van der Waals surface area contributed by atoms with E-state index in [0.29, 0.717) is 19.6 Å². The third-order valence-corrected chi connectivity index (χ3v) is 2.80. The maximum Gasteiger partial charge on any atom is 0.151 e. The Morgan fingerprint density at radius 1 is 1.65 bits per heavy atom. The molecule has 0 radical (unpaired) electrons. The number of carbonyl (C=O) groups excluding carboxylic acids is 1. The van der Waals surface area contributed by atoms with E-state index in [2.05, 4.69) is 16.8 Å². The van der Waals surface area contributed by atoms with Crippen LogP contribution in [0.2, 0.25) is 0 Å². The third kappa shape index (κ3) is 5.41. The largest absolute Gasteiger partial charge is 0.391 e. The number of nitrogens with zero attached hydrogens (tertiary/aromatic N) is 1. The fourth-order valence-corrected chi connectivity index (χ4v) is 1.91. The Kier molecular flexibility index (Phi) is 7.04. The van der Waals surface area contributed by atoms with Gasteiger partial charge in [0.25, 0.3) is 0 Å². The molecular weight excluding hydrogens is 220 g/mol. The van der Waals surface area contributed by atoms with Gasteiger partial charge >= 0.3 is 0 Å². The lowest BCUT2D eigenvalue weighted by atomic mass is 10.2. The normalized spacial score (nSPS) is 22.5. The number of hydrogen-bond donors (Lipinski definition) is 2. The van der Waals surface area contributed by atoms with E-state index in [9.17, 15) is 9.90 Å². The molecule has 1 rings (SSSR count). The second kappa shape index (κ2) is 8.36. The first-order chi connectivity index (χ1) is 8.27. The van der Waals surface area contributed by atoms with Crippen LogP contribution in [-0.2, 0) is 9.53 Å². The first-order valence-electron chi connectivity index (χ1n) is 6.07. The zero-order valence-corrected chi connectivity index (χ0v) is 10.2. The van der Waals surface area contributed by atoms with Crippen LogP contribution in [0.5, 0.6) is 0 Å². The Morgan fingerprint density at radius 2 is 2.47 bits per heavy atom. The molecular formula is C12H22N2O3. The van der Waals surface area contributed by atoms with E-state index < -0.39 is 6.10 Å². The SMILES string of the molecule is C=CCOCC(O)CCCN1CCNC1C=O. The molecule has 2 unspecified atom stereocenters. The molecule has 1 heterocycles. The third-order valence-electron chi connectivity index (χ3n) is 2.80. The van der Waals surface area contributed by atoms with Gasteiger partial charge in [0.05, 0.1) is 19.3 Å². The van der Waals surface area contributed by atoms with Crippen molar-refractivity contribution in [2.75, 3.05) is 32.8 Å². The Bertz CT molecular complexity index is 236. The van der Waals surface area contributed by atoms with Gasteiger partial charge in [-0.3, -0.25) is 10.2 Å². The van der Waals surface area contributed by atoms with Crippen LogP contribution in [0.25, 0.3) is 0 Å². The molecule has 0 spiro atoms. The molecule has 0 aromatic rings. The van der Waals surface area contributed by atoms with Crippen LogP contribution in [0.15, 0.2) is 12.7 Å². The van der Waals surface area contributed by atoms with E-state index in [4.69, 9.17) is 4.74 Å². The molecule has 2 N–H and O–H groups in total. The Labute approximate surface area is 102 Å². The van der Waals surface area contributed by atoms with Gasteiger partial charge in [-0.15, -0.1) is 6.58 Å². The lowest BCUT2D eigenvalue weighted by molar-refractivity contribution is -0.112. The number of nitrogens with one attached hydrogen (secondary N) is 1. The predicted molar refractivity (Wildman–Crippen MR) is 65.7 cm³/mol. The summed E-state index contributed by atoms with van der Waals surface area (Å²) in [5, 5.41) is 12.7. The van der Waals surface area contributed by atoms with Crippen molar-refractivity contribution in [2.45, 2.75) is 25.1 Å². The molecule has 1 aliphatic rings. The van der Waals surface area contributed by atoms with Gasteiger partial charge in [-0.1, -0.05) is 6.08 Å². The quantitative estimate of drug-likeness (QED) is 0.332. The van der Waals surface area contributed by atoms with Crippen LogP contribution in [0.4, 0.5) is 0 Å². The highest BCUT2D eigenvalue weighted by Crippen LogP contribution is 2.05. The van der Waals surface area contributed by atoms with Crippen molar-refractivity contribution in [2.24, 2.45) is 0 Å². The number of aliphatic hydroxyl groups excluding tert-OH is 1. The molecule has 0 bridgehead atoms. The minimum atomic E-state index is -0.430. The summed E-state index contributed by atoms with van der Waals surface area (Å²) in [5.41, 5.74) is 0. The summed E-state index contributed by atoms with van der Waals surface area (Å²) in [6.07, 6.45) is 3.57. The van der Waals surface area contributed by atoms with Gasteiger partial charge < -0.3 is 14.6 Å². The minimum absolute atomic E-state index is 0.149. The smallest absolute Gasteiger partial charge is 0.151 e. The molecule has 1 fully saturated rings. The summed E-state index contributed by atoms with van der Waals surface area (Å²) in [5.74, 6) is 0. The fourth-order valence-electron chi connectivity index (χ4n) is 1.91. The average Bonchev–Trinajstić information content (AvgIpc) is 2.77. The molecule has 1 saturated heterocycles. The lowest BCUT2D eigenvalue weighted by Crippen LogP contribution is -2.37. The van der Waals surface area contributed by atoms with Crippen molar-refractivity contribution in [3.05, 3.63) is 12.7 Å². The monoisotopic (exact) mass is 242 g/mol. The van der Waals surface area contributed by atoms with Crippen LogP contribution in [0, 0.1) is 0 Å². The van der Waals surface area contributed by atoms with E-state index >= 15 is 0 Å². The lowest BCUT2D eigenvalue weighted by Gasteiger charge is -2.19. The van der Waals surface area contributed by atoms with Gasteiger partial charge in [0.15, 0.2) is 6.29 Å². The minimum Gasteiger partial charge on any atom is -0.391 e. The zero-order chi connectivity index (χ0) is 12.5. The van der Waals surface area contributed by atoms with Crippen LogP contribution in [-0.4, -0.2) is 61.4 Å². The molecule has 0 aromatic carbocycles. The van der Waals surface area contributed by atoms with Crippen molar-refractivity contribution >= 4 is 6.29 Å². The standard InChI is InChI=1S/C12H22N2O3/c1-2-8-17-10-11(16)4-3-6-14-7-5-13-12(14)9-15/h2,9,11-13,16H,1,3-8,10H2. The number of hydrogen-bond acceptors (Lipinski definition) is 5. The number of aldehydes is 1. The van der Waals surface area contributed by atoms with Crippen molar-refractivity contribution < 1.29 is 14.6 Å². The first-order valence-corrected chi connectivity index (χ1v) is 6.07. The van der Waals surface area contributed by atoms with Gasteiger partial charge in [-0.25, -0.2) is 0 Å².